The number of hydrogen-bond donors (Lipinski definition) is 0. The molecule has 4 rings (SSSR count). The number of hydrogen-bond acceptors (Lipinski definition) is 10. The van der Waals surface area contributed by atoms with Crippen LogP contribution in [0.2, 0.25) is 0 Å². The number of carbonyl (C=O) groups excluding carboxylic acids is 1. The highest BCUT2D eigenvalue weighted by molar-refractivity contribution is 5.75. The van der Waals surface area contributed by atoms with Crippen LogP contribution in [-0.4, -0.2) is 135 Å². The molecule has 38 heavy (non-hydrogen) atoms. The van der Waals surface area contributed by atoms with Crippen molar-refractivity contribution in [2.45, 2.75) is 37.8 Å². The van der Waals surface area contributed by atoms with E-state index in [9.17, 15) is 14.9 Å². The quantitative estimate of drug-likeness (QED) is 0.277. The normalized spacial score (nSPS) is 27.0. The third kappa shape index (κ3) is 8.69. The van der Waals surface area contributed by atoms with Gasteiger partial charge in [0, 0.05) is 64.5 Å². The van der Waals surface area contributed by atoms with Crippen molar-refractivity contribution >= 4 is 11.7 Å². The van der Waals surface area contributed by atoms with Crippen LogP contribution in [0.1, 0.15) is 24.8 Å². The second-order valence-electron chi connectivity index (χ2n) is 10.5. The van der Waals surface area contributed by atoms with E-state index in [0.717, 1.165) is 90.4 Å². The minimum absolute atomic E-state index is 0.0798. The Bertz CT molecular complexity index is 881. The smallest absolute Gasteiger partial charge is 0.323 e. The zero-order valence-corrected chi connectivity index (χ0v) is 22.7. The fraction of sp³-hybridized carbons (Fsp3) is 0.741. The van der Waals surface area contributed by atoms with Gasteiger partial charge in [-0.05, 0) is 50.9 Å². The molecule has 1 aromatic rings. The molecule has 3 heterocycles. The van der Waals surface area contributed by atoms with Crippen LogP contribution in [0, 0.1) is 10.1 Å². The van der Waals surface area contributed by atoms with E-state index in [4.69, 9.17) is 14.2 Å². The predicted octanol–water partition coefficient (Wildman–Crippen LogP) is 1.46. The van der Waals surface area contributed by atoms with Gasteiger partial charge in [0.25, 0.3) is 5.69 Å². The summed E-state index contributed by atoms with van der Waals surface area (Å²) in [5.41, 5.74) is 1.07. The summed E-state index contributed by atoms with van der Waals surface area (Å²) in [5, 5.41) is 11.0. The fourth-order valence-corrected chi connectivity index (χ4v) is 5.68. The standard InChI is InChI=1S/C27H43N5O6/c1-36-27(33)26(9-6-23-4-7-24(8-5-23)32(34)35)31-13-3-11-28-14-15-29(18-19-31)10-2-12-30(17-16-28)20-25-21-37-22-38-25/h4-5,7-8,25-26H,2-3,6,9-22H2,1H3. The van der Waals surface area contributed by atoms with Crippen LogP contribution in [-0.2, 0) is 25.4 Å². The maximum atomic E-state index is 12.9. The highest BCUT2D eigenvalue weighted by atomic mass is 16.7. The first kappa shape index (κ1) is 28.8. The summed E-state index contributed by atoms with van der Waals surface area (Å²) in [6.45, 7) is 11.8. The van der Waals surface area contributed by atoms with Gasteiger partial charge in [0.15, 0.2) is 0 Å². The van der Waals surface area contributed by atoms with Crippen molar-refractivity contribution in [2.75, 3.05) is 92.5 Å². The van der Waals surface area contributed by atoms with E-state index in [2.05, 4.69) is 19.6 Å². The van der Waals surface area contributed by atoms with Gasteiger partial charge in [0.2, 0.25) is 0 Å². The SMILES string of the molecule is COC(=O)C(CCc1ccc([N+](=O)[O-])cc1)N1CCCN2CCN(CCCN(CC3COCO3)CC2)CC1. The Kier molecular flexibility index (Phi) is 11.3. The predicted molar refractivity (Wildman–Crippen MR) is 143 cm³/mol. The molecule has 0 spiro atoms. The molecule has 11 heteroatoms. The zero-order valence-electron chi connectivity index (χ0n) is 22.7. The van der Waals surface area contributed by atoms with Crippen LogP contribution in [0.25, 0.3) is 0 Å². The van der Waals surface area contributed by atoms with Crippen LogP contribution in [0.15, 0.2) is 24.3 Å². The Morgan fingerprint density at radius 2 is 1.68 bits per heavy atom. The number of ether oxygens (including phenoxy) is 3. The minimum atomic E-state index is -0.391. The van der Waals surface area contributed by atoms with E-state index < -0.39 is 4.92 Å². The van der Waals surface area contributed by atoms with Crippen molar-refractivity contribution in [2.24, 2.45) is 0 Å². The van der Waals surface area contributed by atoms with Gasteiger partial charge in [0.05, 0.1) is 24.7 Å². The Balaban J connectivity index is 1.37. The van der Waals surface area contributed by atoms with Crippen LogP contribution in [0.3, 0.4) is 0 Å². The summed E-state index contributed by atoms with van der Waals surface area (Å²) < 4.78 is 16.3. The molecule has 4 unspecified atom stereocenters. The second-order valence-corrected chi connectivity index (χ2v) is 10.5. The summed E-state index contributed by atoms with van der Waals surface area (Å²) in [5.74, 6) is -0.206. The van der Waals surface area contributed by atoms with Crippen molar-refractivity contribution in [3.8, 4) is 0 Å². The van der Waals surface area contributed by atoms with Gasteiger partial charge in [-0.1, -0.05) is 12.1 Å². The summed E-state index contributed by atoms with van der Waals surface area (Å²) in [6.07, 6.45) is 3.56. The molecule has 0 amide bonds. The lowest BCUT2D eigenvalue weighted by atomic mass is 10.0. The van der Waals surface area contributed by atoms with Crippen LogP contribution in [0.4, 0.5) is 5.69 Å². The van der Waals surface area contributed by atoms with Crippen molar-refractivity contribution < 1.29 is 23.9 Å². The Morgan fingerprint density at radius 3 is 2.34 bits per heavy atom. The van der Waals surface area contributed by atoms with E-state index in [1.165, 1.54) is 19.2 Å². The number of fused-ring (bicyclic) bond motifs is 3. The van der Waals surface area contributed by atoms with Crippen molar-refractivity contribution in [3.05, 3.63) is 39.9 Å². The van der Waals surface area contributed by atoms with Crippen molar-refractivity contribution in [1.29, 1.82) is 0 Å². The number of esters is 1. The molecule has 0 N–H and O–H groups in total. The minimum Gasteiger partial charge on any atom is -0.468 e. The average molecular weight is 534 g/mol. The summed E-state index contributed by atoms with van der Waals surface area (Å²) in [7, 11) is 1.46. The van der Waals surface area contributed by atoms with Gasteiger partial charge in [-0.15, -0.1) is 0 Å². The first-order chi connectivity index (χ1) is 18.5. The van der Waals surface area contributed by atoms with E-state index in [0.29, 0.717) is 26.2 Å². The molecule has 3 fully saturated rings. The number of carbonyl (C=O) groups is 1. The Labute approximate surface area is 225 Å². The van der Waals surface area contributed by atoms with E-state index >= 15 is 0 Å². The largest absolute Gasteiger partial charge is 0.468 e. The number of nitrogens with zero attached hydrogens (tertiary/aromatic N) is 5. The van der Waals surface area contributed by atoms with Crippen molar-refractivity contribution in [1.82, 2.24) is 19.6 Å². The molecule has 0 radical (unpaired) electrons. The molecule has 2 bridgehead atoms. The number of benzene rings is 1. The topological polar surface area (TPSA) is 101 Å². The van der Waals surface area contributed by atoms with Gasteiger partial charge in [0.1, 0.15) is 12.8 Å². The lowest BCUT2D eigenvalue weighted by Gasteiger charge is -2.37. The summed E-state index contributed by atoms with van der Waals surface area (Å²) in [6, 6.07) is 6.28. The molecule has 4 atom stereocenters. The lowest BCUT2D eigenvalue weighted by Crippen LogP contribution is -2.50. The third-order valence-corrected chi connectivity index (χ3v) is 7.96. The lowest BCUT2D eigenvalue weighted by molar-refractivity contribution is -0.384. The molecule has 1 aromatic carbocycles. The molecule has 0 saturated carbocycles. The maximum Gasteiger partial charge on any atom is 0.323 e. The number of rotatable bonds is 8. The van der Waals surface area contributed by atoms with Gasteiger partial charge < -0.3 is 24.0 Å². The number of non-ortho nitro benzene ring substituents is 1. The van der Waals surface area contributed by atoms with E-state index in [1.54, 1.807) is 12.1 Å². The second kappa shape index (κ2) is 14.9. The fourth-order valence-electron chi connectivity index (χ4n) is 5.68. The van der Waals surface area contributed by atoms with E-state index in [1.807, 2.05) is 0 Å². The van der Waals surface area contributed by atoms with Crippen LogP contribution < -0.4 is 0 Å². The summed E-state index contributed by atoms with van der Waals surface area (Å²) in [4.78, 5) is 33.4. The first-order valence-corrected chi connectivity index (χ1v) is 13.9. The zero-order chi connectivity index (χ0) is 26.7. The molecular formula is C27H43N5O6. The monoisotopic (exact) mass is 533 g/mol. The van der Waals surface area contributed by atoms with Crippen molar-refractivity contribution in [3.63, 3.8) is 0 Å². The van der Waals surface area contributed by atoms with Gasteiger partial charge >= 0.3 is 5.97 Å². The third-order valence-electron chi connectivity index (χ3n) is 7.96. The highest BCUT2D eigenvalue weighted by Crippen LogP contribution is 2.17. The molecule has 212 valence electrons. The number of nitro groups is 1. The maximum absolute atomic E-state index is 12.9. The molecule has 3 aliphatic rings. The molecular weight excluding hydrogens is 490 g/mol. The number of nitro benzene ring substituents is 1. The van der Waals surface area contributed by atoms with Gasteiger partial charge in [-0.3, -0.25) is 24.7 Å². The molecule has 3 saturated heterocycles. The Hall–Kier alpha value is -2.15. The molecule has 11 nitrogen and oxygen atoms in total. The molecule has 0 aromatic heterocycles. The van der Waals surface area contributed by atoms with Gasteiger partial charge in [-0.2, -0.15) is 0 Å². The average Bonchev–Trinajstić information content (AvgIpc) is 3.44. The van der Waals surface area contributed by atoms with E-state index in [-0.39, 0.29) is 23.8 Å². The molecule has 3 aliphatic heterocycles. The first-order valence-electron chi connectivity index (χ1n) is 13.9. The molecule has 0 aliphatic carbocycles. The highest BCUT2D eigenvalue weighted by Gasteiger charge is 2.28. The Morgan fingerprint density at radius 1 is 1.00 bits per heavy atom. The van der Waals surface area contributed by atoms with Crippen LogP contribution in [0.5, 0.6) is 0 Å². The number of aryl methyl sites for hydroxylation is 1. The number of methoxy groups -OCH3 is 1. The summed E-state index contributed by atoms with van der Waals surface area (Å²) >= 11 is 0. The van der Waals surface area contributed by atoms with Gasteiger partial charge in [-0.25, -0.2) is 0 Å². The van der Waals surface area contributed by atoms with Crippen LogP contribution >= 0.6 is 0 Å².